The standard InChI is InChI=1S/C6H5ClN3S4/c1-10-5(8-12)3(11)2(7)4-6(10)9-14-13-4/h11-12H,1H3. The molecule has 0 fully saturated rings. The maximum Gasteiger partial charge on any atom is 0.159 e. The Morgan fingerprint density at radius 1 is 1.57 bits per heavy atom. The van der Waals surface area contributed by atoms with Crippen LogP contribution in [0.1, 0.15) is 0 Å². The van der Waals surface area contributed by atoms with Crippen LogP contribution in [0.3, 0.4) is 0 Å². The second-order valence-corrected chi connectivity index (χ2v) is 5.43. The van der Waals surface area contributed by atoms with Crippen molar-refractivity contribution in [3.05, 3.63) is 10.5 Å². The quantitative estimate of drug-likeness (QED) is 0.435. The molecule has 8 heteroatoms. The van der Waals surface area contributed by atoms with Gasteiger partial charge < -0.3 is 4.57 Å². The summed E-state index contributed by atoms with van der Waals surface area (Å²) < 4.78 is 9.89. The monoisotopic (exact) mass is 282 g/mol. The largest absolute Gasteiger partial charge is 0.311 e. The summed E-state index contributed by atoms with van der Waals surface area (Å²) in [6.07, 6.45) is 0. The number of thiol groups is 2. The van der Waals surface area contributed by atoms with Gasteiger partial charge >= 0.3 is 0 Å². The fourth-order valence-electron chi connectivity index (χ4n) is 1.10. The fourth-order valence-corrected chi connectivity index (χ4v) is 4.13. The van der Waals surface area contributed by atoms with Gasteiger partial charge in [0.05, 0.1) is 25.8 Å². The van der Waals surface area contributed by atoms with Crippen molar-refractivity contribution in [3.8, 4) is 0 Å². The number of aromatic nitrogens is 1. The molecule has 14 heavy (non-hydrogen) atoms. The molecule has 0 atom stereocenters. The number of halogens is 1. The van der Waals surface area contributed by atoms with Crippen LogP contribution in [-0.2, 0) is 7.05 Å². The van der Waals surface area contributed by atoms with Gasteiger partial charge in [-0.3, -0.25) is 0 Å². The van der Waals surface area contributed by atoms with E-state index in [9.17, 15) is 0 Å². The third kappa shape index (κ3) is 1.55. The van der Waals surface area contributed by atoms with Crippen LogP contribution in [0.15, 0.2) is 14.2 Å². The number of fused-ring (bicyclic) bond motifs is 1. The molecule has 3 nitrogen and oxygen atoms in total. The van der Waals surface area contributed by atoms with Crippen LogP contribution in [0.25, 0.3) is 0 Å². The van der Waals surface area contributed by atoms with Crippen molar-refractivity contribution in [2.45, 2.75) is 9.79 Å². The fraction of sp³-hybridized carbons (Fsp3) is 0.167. The van der Waals surface area contributed by atoms with E-state index in [4.69, 9.17) is 11.6 Å². The van der Waals surface area contributed by atoms with Gasteiger partial charge in [-0.05, 0) is 23.6 Å². The minimum atomic E-state index is 0.591. The smallest absolute Gasteiger partial charge is 0.159 e. The predicted molar refractivity (Wildman–Crippen MR) is 67.5 cm³/mol. The Hall–Kier alpha value is 0.440. The zero-order chi connectivity index (χ0) is 10.3. The molecule has 75 valence electrons. The Morgan fingerprint density at radius 3 is 2.93 bits per heavy atom. The first-order valence-electron chi connectivity index (χ1n) is 3.51. The number of rotatable bonds is 0. The third-order valence-electron chi connectivity index (χ3n) is 1.80. The first-order valence-corrected chi connectivity index (χ1v) is 6.84. The number of hydrogen-bond donors (Lipinski definition) is 2. The van der Waals surface area contributed by atoms with E-state index in [1.807, 2.05) is 11.6 Å². The molecule has 0 N–H and O–H groups in total. The molecule has 1 aromatic rings. The highest BCUT2D eigenvalue weighted by molar-refractivity contribution is 8.76. The average molecular weight is 283 g/mol. The average Bonchev–Trinajstić information content (AvgIpc) is 2.64. The number of hydrogen-bond acceptors (Lipinski definition) is 5. The summed E-state index contributed by atoms with van der Waals surface area (Å²) in [5.41, 5.74) is 0.618. The molecular formula is C6H5ClN3S4. The summed E-state index contributed by atoms with van der Waals surface area (Å²) in [6, 6.07) is 0. The molecular weight excluding hydrogens is 278 g/mol. The van der Waals surface area contributed by atoms with Crippen molar-refractivity contribution < 1.29 is 0 Å². The van der Waals surface area contributed by atoms with Crippen molar-refractivity contribution in [1.82, 2.24) is 9.29 Å². The van der Waals surface area contributed by atoms with Crippen LogP contribution in [0.4, 0.5) is 5.82 Å². The highest BCUT2D eigenvalue weighted by Gasteiger charge is 2.23. The summed E-state index contributed by atoms with van der Waals surface area (Å²) in [7, 11) is 4.78. The lowest BCUT2D eigenvalue weighted by molar-refractivity contribution is 0.788. The molecule has 0 amide bonds. The van der Waals surface area contributed by atoms with Gasteiger partial charge in [-0.25, -0.2) is 4.40 Å². The summed E-state index contributed by atoms with van der Waals surface area (Å²) in [6.45, 7) is 0. The summed E-state index contributed by atoms with van der Waals surface area (Å²) in [5, 5.41) is 0.591. The molecule has 0 unspecified atom stereocenters. The molecule has 1 aromatic heterocycles. The van der Waals surface area contributed by atoms with E-state index >= 15 is 0 Å². The normalized spacial score (nSPS) is 15.6. The van der Waals surface area contributed by atoms with Crippen molar-refractivity contribution in [2.75, 3.05) is 0 Å². The zero-order valence-electron chi connectivity index (χ0n) is 6.93. The van der Waals surface area contributed by atoms with Gasteiger partial charge in [0.15, 0.2) is 11.3 Å². The highest BCUT2D eigenvalue weighted by atomic mass is 35.5. The lowest BCUT2D eigenvalue weighted by atomic mass is 10.4. The van der Waals surface area contributed by atoms with Crippen LogP contribution < -0.4 is 10.2 Å². The van der Waals surface area contributed by atoms with E-state index in [0.29, 0.717) is 15.4 Å². The predicted octanol–water partition coefficient (Wildman–Crippen LogP) is 2.62. The minimum absolute atomic E-state index is 0.591. The van der Waals surface area contributed by atoms with Gasteiger partial charge in [0.2, 0.25) is 0 Å². The van der Waals surface area contributed by atoms with Gasteiger partial charge in [0.1, 0.15) is 0 Å². The molecule has 1 aliphatic heterocycles. The van der Waals surface area contributed by atoms with Gasteiger partial charge in [0, 0.05) is 7.05 Å². The molecule has 2 rings (SSSR count). The van der Waals surface area contributed by atoms with E-state index in [1.54, 1.807) is 0 Å². The third-order valence-corrected chi connectivity index (χ3v) is 4.85. The lowest BCUT2D eigenvalue weighted by Gasteiger charge is -2.09. The van der Waals surface area contributed by atoms with Gasteiger partial charge in [0.25, 0.3) is 0 Å². The van der Waals surface area contributed by atoms with E-state index in [2.05, 4.69) is 34.6 Å². The Morgan fingerprint density at radius 2 is 2.29 bits per heavy atom. The van der Waals surface area contributed by atoms with Crippen LogP contribution >= 0.6 is 58.8 Å². The molecule has 0 saturated carbocycles. The maximum atomic E-state index is 6.12. The molecule has 0 aromatic carbocycles. The van der Waals surface area contributed by atoms with E-state index in [-0.39, 0.29) is 0 Å². The molecule has 0 bridgehead atoms. The molecule has 0 saturated heterocycles. The Bertz CT molecular complexity index is 455. The van der Waals surface area contributed by atoms with Crippen molar-refractivity contribution >= 4 is 64.6 Å². The van der Waals surface area contributed by atoms with Crippen molar-refractivity contribution in [2.24, 2.45) is 11.4 Å². The Labute approximate surface area is 105 Å². The number of pyridine rings is 1. The van der Waals surface area contributed by atoms with E-state index in [1.165, 1.54) is 21.8 Å². The zero-order valence-corrected chi connectivity index (χ0v) is 11.1. The van der Waals surface area contributed by atoms with Crippen molar-refractivity contribution in [3.63, 3.8) is 0 Å². The van der Waals surface area contributed by atoms with E-state index < -0.39 is 0 Å². The van der Waals surface area contributed by atoms with Gasteiger partial charge in [-0.2, -0.15) is 4.72 Å². The van der Waals surface area contributed by atoms with E-state index in [0.717, 1.165) is 10.7 Å². The minimum Gasteiger partial charge on any atom is -0.311 e. The molecule has 1 radical (unpaired) electrons. The molecule has 0 spiro atoms. The van der Waals surface area contributed by atoms with Crippen LogP contribution in [0.5, 0.6) is 0 Å². The summed E-state index contributed by atoms with van der Waals surface area (Å²) in [5.74, 6) is 0.815. The highest BCUT2D eigenvalue weighted by Crippen LogP contribution is 2.48. The summed E-state index contributed by atoms with van der Waals surface area (Å²) >= 11 is 14.3. The molecule has 1 aliphatic rings. The molecule has 0 aliphatic carbocycles. The molecule has 2 heterocycles. The van der Waals surface area contributed by atoms with Crippen LogP contribution in [0.2, 0.25) is 5.02 Å². The van der Waals surface area contributed by atoms with Crippen molar-refractivity contribution in [1.29, 1.82) is 0 Å². The second kappa shape index (κ2) is 4.13. The SMILES string of the molecule is Cn1c2c(c(Cl)c(S)c1=NS)SS[N]2. The Balaban J connectivity index is 2.87. The van der Waals surface area contributed by atoms with Gasteiger partial charge in [-0.15, -0.1) is 12.6 Å². The second-order valence-electron chi connectivity index (χ2n) is 2.55. The lowest BCUT2D eigenvalue weighted by Crippen LogP contribution is -2.20. The van der Waals surface area contributed by atoms with Crippen LogP contribution in [-0.4, -0.2) is 4.57 Å². The number of nitrogens with zero attached hydrogens (tertiary/aromatic N) is 3. The summed E-state index contributed by atoms with van der Waals surface area (Å²) in [4.78, 5) is 1.57. The van der Waals surface area contributed by atoms with Crippen LogP contribution in [0, 0.1) is 0 Å². The van der Waals surface area contributed by atoms with Gasteiger partial charge in [-0.1, -0.05) is 11.6 Å². The first kappa shape index (κ1) is 10.9. The first-order chi connectivity index (χ1) is 6.66. The topological polar surface area (TPSA) is 31.4 Å². The maximum absolute atomic E-state index is 6.12. The Kier molecular flexibility index (Phi) is 3.23.